The van der Waals surface area contributed by atoms with Crippen LogP contribution in [-0.2, 0) is 6.42 Å². The molecule has 0 amide bonds. The summed E-state index contributed by atoms with van der Waals surface area (Å²) in [6.07, 6.45) is 2.39. The van der Waals surface area contributed by atoms with Crippen molar-refractivity contribution in [2.45, 2.75) is 27.2 Å². The highest BCUT2D eigenvalue weighted by Crippen LogP contribution is 2.18. The third-order valence-corrected chi connectivity index (χ3v) is 3.11. The first-order chi connectivity index (χ1) is 8.04. The lowest BCUT2D eigenvalue weighted by Gasteiger charge is -2.09. The van der Waals surface area contributed by atoms with Gasteiger partial charge in [0, 0.05) is 16.6 Å². The maximum absolute atomic E-state index is 12.4. The number of hydrogen-bond donors (Lipinski definition) is 1. The predicted octanol–water partition coefficient (Wildman–Crippen LogP) is 3.18. The number of aromatic nitrogens is 1. The van der Waals surface area contributed by atoms with E-state index >= 15 is 0 Å². The molecule has 0 radical (unpaired) electrons. The average Bonchev–Trinajstić information content (AvgIpc) is 2.26. The smallest absolute Gasteiger partial charge is 0.193 e. The van der Waals surface area contributed by atoms with E-state index in [1.54, 1.807) is 6.08 Å². The maximum atomic E-state index is 12.4. The zero-order chi connectivity index (χ0) is 12.6. The second-order valence-electron chi connectivity index (χ2n) is 4.55. The van der Waals surface area contributed by atoms with Crippen LogP contribution in [0.25, 0.3) is 10.9 Å². The summed E-state index contributed by atoms with van der Waals surface area (Å²) in [6.45, 7) is 9.68. The zero-order valence-electron chi connectivity index (χ0n) is 10.6. The molecule has 0 aliphatic carbocycles. The van der Waals surface area contributed by atoms with E-state index in [9.17, 15) is 4.79 Å². The highest BCUT2D eigenvalue weighted by molar-refractivity contribution is 5.83. The first-order valence-corrected chi connectivity index (χ1v) is 5.78. The van der Waals surface area contributed by atoms with Crippen LogP contribution in [0, 0.1) is 20.8 Å². The minimum atomic E-state index is 0.128. The molecule has 2 nitrogen and oxygen atoms in total. The molecule has 2 heteroatoms. The summed E-state index contributed by atoms with van der Waals surface area (Å²) in [5, 5.41) is 0.782. The third kappa shape index (κ3) is 1.91. The van der Waals surface area contributed by atoms with E-state index in [-0.39, 0.29) is 5.43 Å². The molecule has 0 atom stereocenters. The van der Waals surface area contributed by atoms with Crippen molar-refractivity contribution < 1.29 is 0 Å². The largest absolute Gasteiger partial charge is 0.358 e. The van der Waals surface area contributed by atoms with Crippen LogP contribution < -0.4 is 5.43 Å². The summed E-state index contributed by atoms with van der Waals surface area (Å²) in [4.78, 5) is 15.7. The Kier molecular flexibility index (Phi) is 2.88. The first-order valence-electron chi connectivity index (χ1n) is 5.78. The highest BCUT2D eigenvalue weighted by atomic mass is 16.1. The summed E-state index contributed by atoms with van der Waals surface area (Å²) in [6, 6.07) is 4.04. The lowest BCUT2D eigenvalue weighted by molar-refractivity contribution is 1.11. The molecule has 0 aliphatic rings. The van der Waals surface area contributed by atoms with Crippen LogP contribution in [0.5, 0.6) is 0 Å². The minimum absolute atomic E-state index is 0.128. The molecular weight excluding hydrogens is 210 g/mol. The van der Waals surface area contributed by atoms with E-state index in [0.717, 1.165) is 33.3 Å². The topological polar surface area (TPSA) is 32.9 Å². The van der Waals surface area contributed by atoms with Crippen molar-refractivity contribution in [3.05, 3.63) is 57.4 Å². The molecule has 0 fully saturated rings. The number of H-pyrrole nitrogens is 1. The number of pyridine rings is 1. The first kappa shape index (κ1) is 11.6. The fourth-order valence-corrected chi connectivity index (χ4v) is 2.30. The normalized spacial score (nSPS) is 10.8. The molecule has 2 aromatic rings. The molecule has 0 unspecified atom stereocenters. The van der Waals surface area contributed by atoms with Gasteiger partial charge in [0.1, 0.15) is 0 Å². The Morgan fingerprint density at radius 2 is 2.00 bits per heavy atom. The van der Waals surface area contributed by atoms with E-state index in [0.29, 0.717) is 6.42 Å². The molecule has 1 aromatic heterocycles. The summed E-state index contributed by atoms with van der Waals surface area (Å²) in [5.41, 5.74) is 5.07. The van der Waals surface area contributed by atoms with Gasteiger partial charge < -0.3 is 4.98 Å². The number of aryl methyl sites for hydroxylation is 3. The van der Waals surface area contributed by atoms with Crippen LogP contribution in [-0.4, -0.2) is 4.98 Å². The molecule has 0 saturated heterocycles. The van der Waals surface area contributed by atoms with E-state index < -0.39 is 0 Å². The van der Waals surface area contributed by atoms with Crippen LogP contribution in [0.3, 0.4) is 0 Å². The van der Waals surface area contributed by atoms with Gasteiger partial charge in [-0.2, -0.15) is 0 Å². The summed E-state index contributed by atoms with van der Waals surface area (Å²) >= 11 is 0. The second kappa shape index (κ2) is 4.21. The fraction of sp³-hybridized carbons (Fsp3) is 0.267. The maximum Gasteiger partial charge on any atom is 0.193 e. The van der Waals surface area contributed by atoms with Crippen LogP contribution >= 0.6 is 0 Å². The molecule has 0 aliphatic heterocycles. The number of fused-ring (bicyclic) bond motifs is 1. The van der Waals surface area contributed by atoms with Crippen LogP contribution in [0.2, 0.25) is 0 Å². The van der Waals surface area contributed by atoms with E-state index in [2.05, 4.69) is 17.6 Å². The Bertz CT molecular complexity index is 650. The molecule has 0 saturated carbocycles. The Hall–Kier alpha value is -1.83. The van der Waals surface area contributed by atoms with Gasteiger partial charge in [0.2, 0.25) is 0 Å². The van der Waals surface area contributed by atoms with E-state index in [4.69, 9.17) is 0 Å². The standard InChI is InChI=1S/C15H17NO/c1-5-6-12-11(4)16-14-10(3)7-9(2)8-13(14)15(12)17/h5,7-8H,1,6H2,2-4H3,(H,16,17). The number of rotatable bonds is 2. The Morgan fingerprint density at radius 3 is 2.65 bits per heavy atom. The van der Waals surface area contributed by atoms with Gasteiger partial charge in [-0.15, -0.1) is 6.58 Å². The molecule has 88 valence electrons. The SMILES string of the molecule is C=CCc1c(C)[nH]c2c(C)cc(C)cc2c1=O. The van der Waals surface area contributed by atoms with Crippen molar-refractivity contribution in [3.63, 3.8) is 0 Å². The van der Waals surface area contributed by atoms with Gasteiger partial charge in [0.15, 0.2) is 5.43 Å². The molecular formula is C15H17NO. The summed E-state index contributed by atoms with van der Waals surface area (Å²) < 4.78 is 0. The lowest BCUT2D eigenvalue weighted by Crippen LogP contribution is -2.13. The van der Waals surface area contributed by atoms with Crippen molar-refractivity contribution in [2.75, 3.05) is 0 Å². The fourth-order valence-electron chi connectivity index (χ4n) is 2.30. The van der Waals surface area contributed by atoms with Crippen LogP contribution in [0.15, 0.2) is 29.6 Å². The van der Waals surface area contributed by atoms with Crippen molar-refractivity contribution in [3.8, 4) is 0 Å². The third-order valence-electron chi connectivity index (χ3n) is 3.11. The van der Waals surface area contributed by atoms with Gasteiger partial charge in [-0.3, -0.25) is 4.79 Å². The van der Waals surface area contributed by atoms with Crippen molar-refractivity contribution in [2.24, 2.45) is 0 Å². The number of benzene rings is 1. The average molecular weight is 227 g/mol. The molecule has 1 N–H and O–H groups in total. The summed E-state index contributed by atoms with van der Waals surface area (Å²) in [5.74, 6) is 0. The number of nitrogens with one attached hydrogen (secondary N) is 1. The van der Waals surface area contributed by atoms with Gasteiger partial charge in [-0.05, 0) is 44.4 Å². The van der Waals surface area contributed by atoms with E-state index in [1.807, 2.05) is 26.8 Å². The Morgan fingerprint density at radius 1 is 1.29 bits per heavy atom. The zero-order valence-corrected chi connectivity index (χ0v) is 10.6. The van der Waals surface area contributed by atoms with Gasteiger partial charge in [0.25, 0.3) is 0 Å². The molecule has 1 heterocycles. The number of hydrogen-bond acceptors (Lipinski definition) is 1. The Balaban J connectivity index is 2.92. The van der Waals surface area contributed by atoms with Gasteiger partial charge in [0.05, 0.1) is 5.52 Å². The molecule has 0 bridgehead atoms. The second-order valence-corrected chi connectivity index (χ2v) is 4.55. The summed E-state index contributed by atoms with van der Waals surface area (Å²) in [7, 11) is 0. The lowest BCUT2D eigenvalue weighted by atomic mass is 10.0. The van der Waals surface area contributed by atoms with Gasteiger partial charge in [-0.25, -0.2) is 0 Å². The molecule has 2 rings (SSSR count). The van der Waals surface area contributed by atoms with Crippen LogP contribution in [0.4, 0.5) is 0 Å². The predicted molar refractivity (Wildman–Crippen MR) is 72.7 cm³/mol. The molecule has 17 heavy (non-hydrogen) atoms. The number of allylic oxidation sites excluding steroid dienone is 1. The highest BCUT2D eigenvalue weighted by Gasteiger charge is 2.09. The minimum Gasteiger partial charge on any atom is -0.358 e. The monoisotopic (exact) mass is 227 g/mol. The van der Waals surface area contributed by atoms with E-state index in [1.165, 1.54) is 0 Å². The molecule has 1 aromatic carbocycles. The quantitative estimate of drug-likeness (QED) is 0.785. The van der Waals surface area contributed by atoms with Gasteiger partial charge >= 0.3 is 0 Å². The molecule has 0 spiro atoms. The Labute approximate surface area is 101 Å². The van der Waals surface area contributed by atoms with Crippen LogP contribution in [0.1, 0.15) is 22.4 Å². The van der Waals surface area contributed by atoms with Crippen molar-refractivity contribution in [1.82, 2.24) is 4.98 Å². The number of aromatic amines is 1. The van der Waals surface area contributed by atoms with Crippen molar-refractivity contribution in [1.29, 1.82) is 0 Å². The van der Waals surface area contributed by atoms with Gasteiger partial charge in [-0.1, -0.05) is 12.1 Å². The van der Waals surface area contributed by atoms with Crippen molar-refractivity contribution >= 4 is 10.9 Å².